The van der Waals surface area contributed by atoms with Crippen LogP contribution in [0.1, 0.15) is 17.2 Å². The lowest BCUT2D eigenvalue weighted by molar-refractivity contribution is -0.148. The number of halogens is 1. The van der Waals surface area contributed by atoms with Gasteiger partial charge in [0, 0.05) is 5.02 Å². The van der Waals surface area contributed by atoms with Crippen LogP contribution in [0.4, 0.5) is 0 Å². The summed E-state index contributed by atoms with van der Waals surface area (Å²) >= 11 is 5.82. The first-order valence-electron chi connectivity index (χ1n) is 4.67. The number of esters is 1. The molecule has 3 nitrogen and oxygen atoms in total. The SMILES string of the molecule is COC(=O)C1Cc2ccc(Cl)cc2C1O. The lowest BCUT2D eigenvalue weighted by atomic mass is 10.0. The number of rotatable bonds is 1. The van der Waals surface area contributed by atoms with E-state index in [-0.39, 0.29) is 5.97 Å². The van der Waals surface area contributed by atoms with E-state index >= 15 is 0 Å². The van der Waals surface area contributed by atoms with Crippen LogP contribution in [0.5, 0.6) is 0 Å². The first-order chi connectivity index (χ1) is 7.13. The van der Waals surface area contributed by atoms with Crippen LogP contribution >= 0.6 is 11.6 Å². The largest absolute Gasteiger partial charge is 0.469 e. The third-order valence-electron chi connectivity index (χ3n) is 2.75. The van der Waals surface area contributed by atoms with Gasteiger partial charge in [0.15, 0.2) is 0 Å². The van der Waals surface area contributed by atoms with Crippen LogP contribution in [-0.4, -0.2) is 18.2 Å². The molecule has 1 N–H and O–H groups in total. The van der Waals surface area contributed by atoms with Crippen LogP contribution in [0, 0.1) is 5.92 Å². The molecule has 1 aliphatic carbocycles. The minimum Gasteiger partial charge on any atom is -0.469 e. The molecule has 0 saturated carbocycles. The quantitative estimate of drug-likeness (QED) is 0.742. The molecule has 1 aromatic rings. The Morgan fingerprint density at radius 1 is 1.60 bits per heavy atom. The molecule has 1 aromatic carbocycles. The third-order valence-corrected chi connectivity index (χ3v) is 2.99. The van der Waals surface area contributed by atoms with E-state index in [0.29, 0.717) is 11.4 Å². The maximum Gasteiger partial charge on any atom is 0.311 e. The van der Waals surface area contributed by atoms with Crippen LogP contribution in [0.25, 0.3) is 0 Å². The monoisotopic (exact) mass is 226 g/mol. The average molecular weight is 227 g/mol. The molecule has 0 aliphatic heterocycles. The van der Waals surface area contributed by atoms with Gasteiger partial charge in [0.25, 0.3) is 0 Å². The van der Waals surface area contributed by atoms with E-state index in [1.54, 1.807) is 12.1 Å². The summed E-state index contributed by atoms with van der Waals surface area (Å²) in [5.74, 6) is -0.877. The van der Waals surface area contributed by atoms with Gasteiger partial charge in [-0.05, 0) is 29.7 Å². The van der Waals surface area contributed by atoms with E-state index in [4.69, 9.17) is 11.6 Å². The lowest BCUT2D eigenvalue weighted by Gasteiger charge is -2.11. The highest BCUT2D eigenvalue weighted by molar-refractivity contribution is 6.30. The maximum atomic E-state index is 11.4. The number of hydrogen-bond acceptors (Lipinski definition) is 3. The standard InChI is InChI=1S/C11H11ClO3/c1-15-11(14)9-4-6-2-3-7(12)5-8(6)10(9)13/h2-3,5,9-10,13H,4H2,1H3. The zero-order valence-corrected chi connectivity index (χ0v) is 8.99. The Kier molecular flexibility index (Phi) is 2.67. The van der Waals surface area contributed by atoms with E-state index in [2.05, 4.69) is 4.74 Å². The minimum absolute atomic E-state index is 0.380. The summed E-state index contributed by atoms with van der Waals surface area (Å²) in [5, 5.41) is 10.5. The van der Waals surface area contributed by atoms with Crippen molar-refractivity contribution in [1.82, 2.24) is 0 Å². The topological polar surface area (TPSA) is 46.5 Å². The highest BCUT2D eigenvalue weighted by Crippen LogP contribution is 2.37. The zero-order valence-electron chi connectivity index (χ0n) is 8.24. The Morgan fingerprint density at radius 2 is 2.33 bits per heavy atom. The predicted octanol–water partition coefficient (Wildman–Crippen LogP) is 1.72. The van der Waals surface area contributed by atoms with Crippen molar-refractivity contribution in [2.45, 2.75) is 12.5 Å². The number of ether oxygens (including phenoxy) is 1. The molecule has 0 bridgehead atoms. The summed E-state index contributed by atoms with van der Waals surface area (Å²) in [6.45, 7) is 0. The Balaban J connectivity index is 2.33. The molecule has 2 atom stereocenters. The molecule has 0 fully saturated rings. The van der Waals surface area contributed by atoms with Crippen molar-refractivity contribution in [3.8, 4) is 0 Å². The number of hydrogen-bond donors (Lipinski definition) is 1. The lowest BCUT2D eigenvalue weighted by Crippen LogP contribution is -2.20. The fraction of sp³-hybridized carbons (Fsp3) is 0.364. The Bertz CT molecular complexity index is 403. The van der Waals surface area contributed by atoms with Crippen LogP contribution in [0.2, 0.25) is 5.02 Å². The molecule has 4 heteroatoms. The van der Waals surface area contributed by atoms with E-state index in [1.165, 1.54) is 7.11 Å². The number of aliphatic hydroxyl groups is 1. The molecular formula is C11H11ClO3. The molecule has 0 aromatic heterocycles. The second-order valence-electron chi connectivity index (χ2n) is 3.62. The molecule has 0 saturated heterocycles. The first kappa shape index (κ1) is 10.5. The summed E-state index contributed by atoms with van der Waals surface area (Å²) in [5.41, 5.74) is 1.69. The van der Waals surface area contributed by atoms with E-state index in [0.717, 1.165) is 11.1 Å². The fourth-order valence-corrected chi connectivity index (χ4v) is 2.14. The van der Waals surface area contributed by atoms with E-state index in [1.807, 2.05) is 6.07 Å². The van der Waals surface area contributed by atoms with Gasteiger partial charge in [0.1, 0.15) is 0 Å². The summed E-state index contributed by atoms with van der Waals surface area (Å²) in [7, 11) is 1.32. The molecule has 0 radical (unpaired) electrons. The van der Waals surface area contributed by atoms with Crippen molar-refractivity contribution >= 4 is 17.6 Å². The Labute approximate surface area is 92.6 Å². The number of aliphatic hydroxyl groups excluding tert-OH is 1. The molecule has 0 amide bonds. The van der Waals surface area contributed by atoms with Gasteiger partial charge in [0.2, 0.25) is 0 Å². The highest BCUT2D eigenvalue weighted by Gasteiger charge is 2.36. The number of benzene rings is 1. The summed E-state index contributed by atoms with van der Waals surface area (Å²) in [6.07, 6.45) is -0.286. The minimum atomic E-state index is -0.800. The van der Waals surface area contributed by atoms with Gasteiger partial charge in [-0.2, -0.15) is 0 Å². The predicted molar refractivity (Wildman–Crippen MR) is 55.6 cm³/mol. The average Bonchev–Trinajstić information content (AvgIpc) is 2.55. The molecule has 0 heterocycles. The number of fused-ring (bicyclic) bond motifs is 1. The van der Waals surface area contributed by atoms with E-state index in [9.17, 15) is 9.90 Å². The van der Waals surface area contributed by atoms with Crippen molar-refractivity contribution < 1.29 is 14.6 Å². The molecule has 0 spiro atoms. The van der Waals surface area contributed by atoms with Crippen LogP contribution in [-0.2, 0) is 16.0 Å². The smallest absolute Gasteiger partial charge is 0.311 e. The molecule has 15 heavy (non-hydrogen) atoms. The molecule has 2 unspecified atom stereocenters. The van der Waals surface area contributed by atoms with Crippen LogP contribution in [0.3, 0.4) is 0 Å². The van der Waals surface area contributed by atoms with Crippen molar-refractivity contribution in [2.75, 3.05) is 7.11 Å². The van der Waals surface area contributed by atoms with Gasteiger partial charge >= 0.3 is 5.97 Å². The second kappa shape index (κ2) is 3.83. The maximum absolute atomic E-state index is 11.4. The van der Waals surface area contributed by atoms with Crippen molar-refractivity contribution in [1.29, 1.82) is 0 Å². The van der Waals surface area contributed by atoms with Gasteiger partial charge in [0.05, 0.1) is 19.1 Å². The Morgan fingerprint density at radius 3 is 3.00 bits per heavy atom. The summed E-state index contributed by atoms with van der Waals surface area (Å²) in [4.78, 5) is 11.4. The van der Waals surface area contributed by atoms with Crippen molar-refractivity contribution in [2.24, 2.45) is 5.92 Å². The number of carbonyl (C=O) groups is 1. The number of methoxy groups -OCH3 is 1. The van der Waals surface area contributed by atoms with Crippen LogP contribution < -0.4 is 0 Å². The van der Waals surface area contributed by atoms with Gasteiger partial charge in [-0.3, -0.25) is 4.79 Å². The summed E-state index contributed by atoms with van der Waals surface area (Å²) in [6, 6.07) is 5.29. The molecule has 2 rings (SSSR count). The number of carbonyl (C=O) groups excluding carboxylic acids is 1. The van der Waals surface area contributed by atoms with Gasteiger partial charge in [-0.15, -0.1) is 0 Å². The molecule has 80 valence electrons. The molecular weight excluding hydrogens is 216 g/mol. The van der Waals surface area contributed by atoms with Gasteiger partial charge < -0.3 is 9.84 Å². The molecule has 1 aliphatic rings. The van der Waals surface area contributed by atoms with Gasteiger partial charge in [-0.25, -0.2) is 0 Å². The van der Waals surface area contributed by atoms with Gasteiger partial charge in [-0.1, -0.05) is 17.7 Å². The van der Waals surface area contributed by atoms with Crippen molar-refractivity contribution in [3.05, 3.63) is 34.3 Å². The Hall–Kier alpha value is -1.06. The second-order valence-corrected chi connectivity index (χ2v) is 4.06. The van der Waals surface area contributed by atoms with E-state index < -0.39 is 12.0 Å². The zero-order chi connectivity index (χ0) is 11.0. The first-order valence-corrected chi connectivity index (χ1v) is 5.05. The van der Waals surface area contributed by atoms with Crippen LogP contribution in [0.15, 0.2) is 18.2 Å². The normalized spacial score (nSPS) is 23.7. The third kappa shape index (κ3) is 1.73. The summed E-state index contributed by atoms with van der Waals surface area (Å²) < 4.78 is 4.63. The highest BCUT2D eigenvalue weighted by atomic mass is 35.5. The fourth-order valence-electron chi connectivity index (χ4n) is 1.96. The van der Waals surface area contributed by atoms with Crippen molar-refractivity contribution in [3.63, 3.8) is 0 Å².